The van der Waals surface area contributed by atoms with E-state index in [2.05, 4.69) is 5.32 Å². The van der Waals surface area contributed by atoms with Crippen LogP contribution in [0.3, 0.4) is 0 Å². The van der Waals surface area contributed by atoms with Gasteiger partial charge in [-0.1, -0.05) is 0 Å². The molecular formula is C8H20N2O2. The maximum atomic E-state index is 8.50. The average Bonchev–Trinajstić information content (AvgIpc) is 1.97. The number of rotatable bonds is 7. The maximum absolute atomic E-state index is 8.50. The van der Waals surface area contributed by atoms with Crippen molar-refractivity contribution in [1.82, 2.24) is 5.32 Å². The van der Waals surface area contributed by atoms with Gasteiger partial charge in [-0.3, -0.25) is 5.32 Å². The molecule has 0 amide bonds. The molecule has 0 aromatic heterocycles. The van der Waals surface area contributed by atoms with Gasteiger partial charge >= 0.3 is 0 Å². The smallest absolute Gasteiger partial charge is 0.107 e. The standard InChI is InChI=1S/C8H20N2O2/c1-7(9)12-8(2)10-5-3-4-6-11/h7-8,10-11H,3-6,9H2,1-2H3. The molecule has 0 aliphatic heterocycles. The lowest BCUT2D eigenvalue weighted by atomic mass is 10.3. The Morgan fingerprint density at radius 2 is 2.08 bits per heavy atom. The second kappa shape index (κ2) is 7.49. The first-order valence-corrected chi connectivity index (χ1v) is 4.42. The SMILES string of the molecule is CC(N)OC(C)NCCCCO. The highest BCUT2D eigenvalue weighted by molar-refractivity contribution is 4.50. The van der Waals surface area contributed by atoms with E-state index in [0.29, 0.717) is 0 Å². The van der Waals surface area contributed by atoms with Gasteiger partial charge in [0.1, 0.15) is 12.5 Å². The van der Waals surface area contributed by atoms with Crippen LogP contribution in [-0.2, 0) is 4.74 Å². The lowest BCUT2D eigenvalue weighted by Gasteiger charge is -2.16. The zero-order chi connectivity index (χ0) is 9.40. The van der Waals surface area contributed by atoms with Gasteiger partial charge in [0.05, 0.1) is 0 Å². The zero-order valence-corrected chi connectivity index (χ0v) is 7.92. The van der Waals surface area contributed by atoms with E-state index in [1.807, 2.05) is 6.92 Å². The van der Waals surface area contributed by atoms with Crippen LogP contribution >= 0.6 is 0 Å². The number of nitrogens with one attached hydrogen (secondary N) is 1. The van der Waals surface area contributed by atoms with E-state index < -0.39 is 0 Å². The van der Waals surface area contributed by atoms with E-state index in [4.69, 9.17) is 15.6 Å². The van der Waals surface area contributed by atoms with Crippen LogP contribution in [0.5, 0.6) is 0 Å². The summed E-state index contributed by atoms with van der Waals surface area (Å²) in [6.45, 7) is 4.83. The van der Waals surface area contributed by atoms with Crippen LogP contribution in [0.2, 0.25) is 0 Å². The second-order valence-corrected chi connectivity index (χ2v) is 2.87. The van der Waals surface area contributed by atoms with Gasteiger partial charge in [0.2, 0.25) is 0 Å². The molecule has 0 aromatic carbocycles. The van der Waals surface area contributed by atoms with Gasteiger partial charge in [-0.2, -0.15) is 0 Å². The summed E-state index contributed by atoms with van der Waals surface area (Å²) in [7, 11) is 0. The maximum Gasteiger partial charge on any atom is 0.107 e. The highest BCUT2D eigenvalue weighted by atomic mass is 16.5. The summed E-state index contributed by atoms with van der Waals surface area (Å²) in [5.41, 5.74) is 5.42. The van der Waals surface area contributed by atoms with Crippen LogP contribution in [0.1, 0.15) is 26.7 Å². The number of aliphatic hydroxyl groups excluding tert-OH is 1. The van der Waals surface area contributed by atoms with E-state index in [1.54, 1.807) is 6.92 Å². The van der Waals surface area contributed by atoms with Crippen molar-refractivity contribution < 1.29 is 9.84 Å². The topological polar surface area (TPSA) is 67.5 Å². The van der Waals surface area contributed by atoms with Crippen LogP contribution in [0.15, 0.2) is 0 Å². The average molecular weight is 176 g/mol. The third-order valence-electron chi connectivity index (χ3n) is 1.44. The summed E-state index contributed by atoms with van der Waals surface area (Å²) in [5.74, 6) is 0. The summed E-state index contributed by atoms with van der Waals surface area (Å²) >= 11 is 0. The predicted octanol–water partition coefficient (Wildman–Crippen LogP) is 0.0158. The molecule has 74 valence electrons. The highest BCUT2D eigenvalue weighted by Gasteiger charge is 2.02. The van der Waals surface area contributed by atoms with Gasteiger partial charge in [0, 0.05) is 6.61 Å². The van der Waals surface area contributed by atoms with Gasteiger partial charge < -0.3 is 15.6 Å². The van der Waals surface area contributed by atoms with Crippen LogP contribution in [-0.4, -0.2) is 30.7 Å². The van der Waals surface area contributed by atoms with Crippen molar-refractivity contribution in [3.63, 3.8) is 0 Å². The molecule has 4 heteroatoms. The Bertz CT molecular complexity index is 99.1. The zero-order valence-electron chi connectivity index (χ0n) is 7.92. The van der Waals surface area contributed by atoms with Crippen molar-refractivity contribution in [3.8, 4) is 0 Å². The lowest BCUT2D eigenvalue weighted by Crippen LogP contribution is -2.35. The fourth-order valence-corrected chi connectivity index (χ4v) is 0.912. The molecule has 0 spiro atoms. The molecule has 0 heterocycles. The van der Waals surface area contributed by atoms with Gasteiger partial charge in [0.25, 0.3) is 0 Å². The fraction of sp³-hybridized carbons (Fsp3) is 1.00. The molecule has 4 N–H and O–H groups in total. The number of ether oxygens (including phenoxy) is 1. The van der Waals surface area contributed by atoms with E-state index in [0.717, 1.165) is 19.4 Å². The third kappa shape index (κ3) is 7.94. The summed E-state index contributed by atoms with van der Waals surface area (Å²) in [6.07, 6.45) is 1.55. The number of unbranched alkanes of at least 4 members (excludes halogenated alkanes) is 1. The van der Waals surface area contributed by atoms with E-state index in [-0.39, 0.29) is 19.1 Å². The van der Waals surface area contributed by atoms with Crippen molar-refractivity contribution >= 4 is 0 Å². The Labute approximate surface area is 74.1 Å². The molecule has 0 saturated heterocycles. The van der Waals surface area contributed by atoms with Crippen molar-refractivity contribution in [2.24, 2.45) is 5.73 Å². The normalized spacial score (nSPS) is 16.0. The molecule has 0 fully saturated rings. The first-order chi connectivity index (χ1) is 5.66. The molecular weight excluding hydrogens is 156 g/mol. The number of hydrogen-bond acceptors (Lipinski definition) is 4. The van der Waals surface area contributed by atoms with Gasteiger partial charge in [-0.15, -0.1) is 0 Å². The summed E-state index contributed by atoms with van der Waals surface area (Å²) in [4.78, 5) is 0. The molecule has 12 heavy (non-hydrogen) atoms. The highest BCUT2D eigenvalue weighted by Crippen LogP contribution is 1.90. The van der Waals surface area contributed by atoms with Gasteiger partial charge in [0.15, 0.2) is 0 Å². The minimum absolute atomic E-state index is 0.0105. The number of hydrogen-bond donors (Lipinski definition) is 3. The summed E-state index contributed by atoms with van der Waals surface area (Å²) in [6, 6.07) is 0. The molecule has 0 bridgehead atoms. The molecule has 0 aliphatic rings. The van der Waals surface area contributed by atoms with E-state index in [1.165, 1.54) is 0 Å². The van der Waals surface area contributed by atoms with Gasteiger partial charge in [-0.05, 0) is 33.2 Å². The molecule has 0 saturated carbocycles. The quantitative estimate of drug-likeness (QED) is 0.378. The van der Waals surface area contributed by atoms with E-state index in [9.17, 15) is 0 Å². The molecule has 0 aliphatic carbocycles. The largest absolute Gasteiger partial charge is 0.396 e. The minimum Gasteiger partial charge on any atom is -0.396 e. The van der Waals surface area contributed by atoms with Crippen LogP contribution in [0.4, 0.5) is 0 Å². The van der Waals surface area contributed by atoms with Crippen LogP contribution in [0, 0.1) is 0 Å². The third-order valence-corrected chi connectivity index (χ3v) is 1.44. The van der Waals surface area contributed by atoms with Crippen molar-refractivity contribution in [3.05, 3.63) is 0 Å². The lowest BCUT2D eigenvalue weighted by molar-refractivity contribution is -0.00674. The molecule has 0 rings (SSSR count). The van der Waals surface area contributed by atoms with Crippen molar-refractivity contribution in [1.29, 1.82) is 0 Å². The molecule has 2 atom stereocenters. The molecule has 0 aromatic rings. The fourth-order valence-electron chi connectivity index (χ4n) is 0.912. The molecule has 2 unspecified atom stereocenters. The number of nitrogens with two attached hydrogens (primary N) is 1. The Kier molecular flexibility index (Phi) is 7.39. The van der Waals surface area contributed by atoms with Crippen molar-refractivity contribution in [2.75, 3.05) is 13.2 Å². The first kappa shape index (κ1) is 11.8. The van der Waals surface area contributed by atoms with Crippen molar-refractivity contribution in [2.45, 2.75) is 39.1 Å². The summed E-state index contributed by atoms with van der Waals surface area (Å²) < 4.78 is 5.23. The Hall–Kier alpha value is -0.160. The Morgan fingerprint density at radius 1 is 1.42 bits per heavy atom. The monoisotopic (exact) mass is 176 g/mol. The first-order valence-electron chi connectivity index (χ1n) is 4.42. The molecule has 4 nitrogen and oxygen atoms in total. The second-order valence-electron chi connectivity index (χ2n) is 2.87. The molecule has 0 radical (unpaired) electrons. The number of aliphatic hydroxyl groups is 1. The predicted molar refractivity (Wildman–Crippen MR) is 48.5 cm³/mol. The van der Waals surface area contributed by atoms with Crippen LogP contribution < -0.4 is 11.1 Å². The van der Waals surface area contributed by atoms with Crippen LogP contribution in [0.25, 0.3) is 0 Å². The summed E-state index contributed by atoms with van der Waals surface area (Å²) in [5, 5.41) is 11.6. The van der Waals surface area contributed by atoms with Gasteiger partial charge in [-0.25, -0.2) is 0 Å². The van der Waals surface area contributed by atoms with E-state index >= 15 is 0 Å². The Balaban J connectivity index is 3.14. The minimum atomic E-state index is -0.231. The Morgan fingerprint density at radius 3 is 2.58 bits per heavy atom.